The molecule has 0 fully saturated rings. The Hall–Kier alpha value is -3.65. The number of hydroxylamine groups is 1. The maximum Gasteiger partial charge on any atom is 0.268 e. The number of carbonyl (C=O) groups is 1. The summed E-state index contributed by atoms with van der Waals surface area (Å²) in [6.45, 7) is 1.63. The molecule has 3 N–H and O–H groups in total. The number of aromatic nitrogens is 4. The average molecular weight is 529 g/mol. The first-order valence-electron chi connectivity index (χ1n) is 10.8. The molecule has 0 aliphatic carbocycles. The van der Waals surface area contributed by atoms with Crippen LogP contribution in [0.25, 0.3) is 10.6 Å². The summed E-state index contributed by atoms with van der Waals surface area (Å²) in [7, 11) is -2.29. The maximum atomic E-state index is 13.0. The van der Waals surface area contributed by atoms with Gasteiger partial charge < -0.3 is 4.74 Å². The number of benzene rings is 1. The van der Waals surface area contributed by atoms with E-state index in [0.717, 1.165) is 21.8 Å². The Balaban J connectivity index is 1.49. The Morgan fingerprint density at radius 3 is 2.61 bits per heavy atom. The monoisotopic (exact) mass is 528 g/mol. The van der Waals surface area contributed by atoms with Gasteiger partial charge in [0.2, 0.25) is 0 Å². The molecule has 0 aliphatic rings. The Bertz CT molecular complexity index is 1420. The molecule has 0 bridgehead atoms. The van der Waals surface area contributed by atoms with Crippen LogP contribution < -0.4 is 14.9 Å². The molecule has 0 spiro atoms. The van der Waals surface area contributed by atoms with Gasteiger partial charge in [0.1, 0.15) is 21.7 Å². The maximum absolute atomic E-state index is 13.0. The fourth-order valence-electron chi connectivity index (χ4n) is 3.47. The van der Waals surface area contributed by atoms with E-state index in [1.807, 2.05) is 12.1 Å². The van der Waals surface area contributed by atoms with E-state index in [1.165, 1.54) is 16.9 Å². The third-order valence-electron chi connectivity index (χ3n) is 5.39. The van der Waals surface area contributed by atoms with Crippen molar-refractivity contribution in [3.05, 3.63) is 78.2 Å². The molecule has 1 aromatic carbocycles. The number of rotatable bonds is 10. The van der Waals surface area contributed by atoms with Gasteiger partial charge in [-0.15, -0.1) is 16.4 Å². The molecule has 4 aromatic rings. The van der Waals surface area contributed by atoms with Crippen molar-refractivity contribution in [3.8, 4) is 16.3 Å². The third-order valence-corrected chi connectivity index (χ3v) is 8.53. The van der Waals surface area contributed by atoms with Crippen LogP contribution in [0.1, 0.15) is 30.3 Å². The largest absolute Gasteiger partial charge is 0.497 e. The number of carbonyl (C=O) groups excluding carboxylic acids is 1. The van der Waals surface area contributed by atoms with Crippen LogP contribution in [-0.2, 0) is 21.2 Å². The minimum atomic E-state index is -3.85. The molecular weight excluding hydrogens is 504 g/mol. The van der Waals surface area contributed by atoms with Crippen LogP contribution in [0.15, 0.2) is 71.2 Å². The molecule has 0 saturated carbocycles. The summed E-state index contributed by atoms with van der Waals surface area (Å²) in [6, 6.07) is 14.1. The van der Waals surface area contributed by atoms with Gasteiger partial charge >= 0.3 is 0 Å². The predicted molar refractivity (Wildman–Crippen MR) is 132 cm³/mol. The lowest BCUT2D eigenvalue weighted by Crippen LogP contribution is -2.32. The summed E-state index contributed by atoms with van der Waals surface area (Å²) in [6.07, 6.45) is 3.33. The Morgan fingerprint density at radius 2 is 1.94 bits per heavy atom. The molecule has 1 amide bonds. The van der Waals surface area contributed by atoms with Gasteiger partial charge in [-0.1, -0.05) is 23.4 Å². The Morgan fingerprint density at radius 1 is 1.17 bits per heavy atom. The second-order valence-corrected chi connectivity index (χ2v) is 10.9. The number of pyridine rings is 1. The average Bonchev–Trinajstić information content (AvgIpc) is 3.59. The topological polar surface area (TPSA) is 148 Å². The first-order valence-corrected chi connectivity index (χ1v) is 13.1. The van der Waals surface area contributed by atoms with Gasteiger partial charge in [-0.3, -0.25) is 15.0 Å². The summed E-state index contributed by atoms with van der Waals surface area (Å²) in [4.78, 5) is 17.3. The number of nitrogens with zero attached hydrogens (tertiary/aromatic N) is 4. The van der Waals surface area contributed by atoms with Crippen molar-refractivity contribution >= 4 is 27.3 Å². The molecular formula is C23H24N6O5S2. The molecule has 3 aromatic heterocycles. The second-order valence-electron chi connectivity index (χ2n) is 7.84. The standard InChI is InChI=1S/C23H24N6O5S2/c1-15(27-36(32,33)22-11-10-21(35-22)18-5-3-4-12-24-18)19-14-29(28-25-19)20(23(30)26-31)13-16-6-8-17(34-2)9-7-16/h3-12,14-15,20,27,31H,13H2,1-2H3,(H,26,30)/t15-,20+/m1/s1. The van der Waals surface area contributed by atoms with Gasteiger partial charge in [0.05, 0.1) is 29.9 Å². The van der Waals surface area contributed by atoms with E-state index in [4.69, 9.17) is 4.74 Å². The van der Waals surface area contributed by atoms with Crippen LogP contribution in [0.5, 0.6) is 5.75 Å². The van der Waals surface area contributed by atoms with Gasteiger partial charge in [-0.2, -0.15) is 0 Å². The van der Waals surface area contributed by atoms with Gasteiger partial charge in [0, 0.05) is 12.6 Å². The molecule has 13 heteroatoms. The van der Waals surface area contributed by atoms with Crippen LogP contribution in [0.2, 0.25) is 0 Å². The molecule has 188 valence electrons. The van der Waals surface area contributed by atoms with Crippen molar-refractivity contribution in [2.45, 2.75) is 29.6 Å². The van der Waals surface area contributed by atoms with Crippen molar-refractivity contribution in [2.75, 3.05) is 7.11 Å². The number of amides is 1. The quantitative estimate of drug-likeness (QED) is 0.210. The third kappa shape index (κ3) is 5.76. The van der Waals surface area contributed by atoms with Gasteiger partial charge in [-0.05, 0) is 48.9 Å². The normalized spacial score (nSPS) is 13.2. The molecule has 2 atom stereocenters. The lowest BCUT2D eigenvalue weighted by molar-refractivity contribution is -0.133. The first kappa shape index (κ1) is 25.4. The first-order chi connectivity index (χ1) is 17.3. The molecule has 11 nitrogen and oxygen atoms in total. The lowest BCUT2D eigenvalue weighted by atomic mass is 10.1. The smallest absolute Gasteiger partial charge is 0.268 e. The van der Waals surface area contributed by atoms with Crippen LogP contribution in [-0.4, -0.2) is 46.6 Å². The van der Waals surface area contributed by atoms with Gasteiger partial charge in [0.25, 0.3) is 15.9 Å². The summed E-state index contributed by atoms with van der Waals surface area (Å²) in [5.74, 6) is -0.0138. The zero-order valence-electron chi connectivity index (χ0n) is 19.4. The fourth-order valence-corrected chi connectivity index (χ4v) is 5.99. The van der Waals surface area contributed by atoms with Crippen molar-refractivity contribution in [3.63, 3.8) is 0 Å². The molecule has 4 rings (SSSR count). The van der Waals surface area contributed by atoms with E-state index in [0.29, 0.717) is 17.1 Å². The van der Waals surface area contributed by atoms with Crippen LogP contribution in [0, 0.1) is 0 Å². The highest BCUT2D eigenvalue weighted by Gasteiger charge is 2.26. The molecule has 0 aliphatic heterocycles. The zero-order valence-corrected chi connectivity index (χ0v) is 21.0. The number of methoxy groups -OCH3 is 1. The molecule has 0 unspecified atom stereocenters. The van der Waals surface area contributed by atoms with Crippen molar-refractivity contribution in [2.24, 2.45) is 0 Å². The van der Waals surface area contributed by atoms with E-state index in [-0.39, 0.29) is 10.6 Å². The highest BCUT2D eigenvalue weighted by Crippen LogP contribution is 2.30. The molecule has 36 heavy (non-hydrogen) atoms. The number of hydrogen-bond acceptors (Lipinski definition) is 9. The summed E-state index contributed by atoms with van der Waals surface area (Å²) < 4.78 is 35.1. The SMILES string of the molecule is COc1ccc(C[C@@H](C(=O)NO)n2cc([C@@H](C)NS(=O)(=O)c3ccc(-c4ccccn4)s3)nn2)cc1. The molecule has 0 saturated heterocycles. The second kappa shape index (κ2) is 11.0. The number of thiophene rings is 1. The van der Waals surface area contributed by atoms with E-state index in [9.17, 15) is 18.4 Å². The van der Waals surface area contributed by atoms with E-state index < -0.39 is 28.0 Å². The summed E-state index contributed by atoms with van der Waals surface area (Å²) in [5, 5.41) is 17.3. The van der Waals surface area contributed by atoms with Crippen molar-refractivity contribution in [1.29, 1.82) is 0 Å². The number of sulfonamides is 1. The van der Waals surface area contributed by atoms with E-state index in [2.05, 4.69) is 20.0 Å². The van der Waals surface area contributed by atoms with Crippen molar-refractivity contribution < 1.29 is 23.2 Å². The summed E-state index contributed by atoms with van der Waals surface area (Å²) in [5.41, 5.74) is 3.45. The fraction of sp³-hybridized carbons (Fsp3) is 0.217. The predicted octanol–water partition coefficient (Wildman–Crippen LogP) is 2.74. The van der Waals surface area contributed by atoms with Crippen LogP contribution in [0.3, 0.4) is 0 Å². The van der Waals surface area contributed by atoms with Crippen LogP contribution in [0.4, 0.5) is 0 Å². The highest BCUT2D eigenvalue weighted by molar-refractivity contribution is 7.91. The number of hydrogen-bond donors (Lipinski definition) is 3. The Labute approximate surface area is 211 Å². The van der Waals surface area contributed by atoms with Gasteiger partial charge in [-0.25, -0.2) is 23.3 Å². The van der Waals surface area contributed by atoms with Crippen molar-refractivity contribution in [1.82, 2.24) is 30.2 Å². The molecule has 0 radical (unpaired) electrons. The number of ether oxygens (including phenoxy) is 1. The summed E-state index contributed by atoms with van der Waals surface area (Å²) >= 11 is 1.11. The number of nitrogens with one attached hydrogen (secondary N) is 2. The zero-order chi connectivity index (χ0) is 25.7. The molecule has 3 heterocycles. The lowest BCUT2D eigenvalue weighted by Gasteiger charge is -2.15. The van der Waals surface area contributed by atoms with Crippen LogP contribution >= 0.6 is 11.3 Å². The van der Waals surface area contributed by atoms with Gasteiger partial charge in [0.15, 0.2) is 0 Å². The highest BCUT2D eigenvalue weighted by atomic mass is 32.2. The minimum absolute atomic E-state index is 0.138. The van der Waals surface area contributed by atoms with E-state index >= 15 is 0 Å². The minimum Gasteiger partial charge on any atom is -0.497 e. The Kier molecular flexibility index (Phi) is 7.74. The van der Waals surface area contributed by atoms with E-state index in [1.54, 1.807) is 62.1 Å².